The first-order valence-corrected chi connectivity index (χ1v) is 9.61. The van der Waals surface area contributed by atoms with Gasteiger partial charge in [-0.3, -0.25) is 0 Å². The van der Waals surface area contributed by atoms with Gasteiger partial charge in [0.15, 0.2) is 0 Å². The van der Waals surface area contributed by atoms with Crippen molar-refractivity contribution in [1.82, 2.24) is 0 Å². The monoisotopic (exact) mass is 424 g/mol. The average Bonchev–Trinajstić information content (AvgIpc) is 2.56. The van der Waals surface area contributed by atoms with Crippen LogP contribution in [0.5, 0.6) is 5.75 Å². The first-order valence-electron chi connectivity index (χ1n) is 8.08. The van der Waals surface area contributed by atoms with Gasteiger partial charge < -0.3 is 9.84 Å². The van der Waals surface area contributed by atoms with Gasteiger partial charge >= 0.3 is 0 Å². The Labute approximate surface area is 153 Å². The lowest BCUT2D eigenvalue weighted by Gasteiger charge is -2.22. The molecule has 3 atom stereocenters. The van der Waals surface area contributed by atoms with Crippen LogP contribution >= 0.6 is 22.6 Å². The zero-order valence-electron chi connectivity index (χ0n) is 13.9. The quantitative estimate of drug-likeness (QED) is 0.368. The zero-order valence-corrected chi connectivity index (χ0v) is 16.1. The fraction of sp³-hybridized carbons (Fsp3) is 0.400. The predicted octanol–water partition coefficient (Wildman–Crippen LogP) is 5.36. The van der Waals surface area contributed by atoms with Gasteiger partial charge in [-0.2, -0.15) is 0 Å². The number of benzene rings is 2. The summed E-state index contributed by atoms with van der Waals surface area (Å²) in [4.78, 5) is 0. The van der Waals surface area contributed by atoms with Crippen molar-refractivity contribution in [3.8, 4) is 5.75 Å². The minimum Gasteiger partial charge on any atom is -0.465 e. The first-order chi connectivity index (χ1) is 11.0. The van der Waals surface area contributed by atoms with Crippen LogP contribution in [0, 0.1) is 5.92 Å². The van der Waals surface area contributed by atoms with E-state index >= 15 is 0 Å². The minimum absolute atomic E-state index is 0.0753. The second kappa shape index (κ2) is 8.69. The number of hydrogen-bond donors (Lipinski definition) is 1. The largest absolute Gasteiger partial charge is 0.465 e. The third-order valence-corrected chi connectivity index (χ3v) is 5.24. The molecule has 3 unspecified atom stereocenters. The summed E-state index contributed by atoms with van der Waals surface area (Å²) in [6.45, 7) is 6.47. The molecule has 0 bridgehead atoms. The molecule has 0 aromatic heterocycles. The highest BCUT2D eigenvalue weighted by Gasteiger charge is 2.18. The van der Waals surface area contributed by atoms with Gasteiger partial charge in [0.05, 0.1) is 0 Å². The summed E-state index contributed by atoms with van der Waals surface area (Å²) in [6.07, 6.45) is -0.853. The van der Waals surface area contributed by atoms with Gasteiger partial charge in [0, 0.05) is 10.3 Å². The molecule has 0 aliphatic carbocycles. The molecule has 0 aliphatic heterocycles. The van der Waals surface area contributed by atoms with E-state index < -0.39 is 6.29 Å². The summed E-state index contributed by atoms with van der Waals surface area (Å²) in [6, 6.07) is 18.1. The number of hydrogen-bond acceptors (Lipinski definition) is 2. The number of aliphatic hydroxyl groups is 1. The molecule has 1 N–H and O–H groups in total. The molecule has 0 radical (unpaired) electrons. The third-order valence-electron chi connectivity index (χ3n) is 4.29. The molecule has 124 valence electrons. The van der Waals surface area contributed by atoms with Gasteiger partial charge in [-0.1, -0.05) is 85.8 Å². The van der Waals surface area contributed by atoms with Gasteiger partial charge in [0.2, 0.25) is 6.29 Å². The van der Waals surface area contributed by atoms with Gasteiger partial charge in [-0.05, 0) is 35.1 Å². The normalized spacial score (nSPS) is 15.2. The number of alkyl halides is 1. The Kier molecular flexibility index (Phi) is 6.90. The van der Waals surface area contributed by atoms with Crippen LogP contribution in [0.3, 0.4) is 0 Å². The topological polar surface area (TPSA) is 29.5 Å². The second-order valence-electron chi connectivity index (χ2n) is 6.28. The summed E-state index contributed by atoms with van der Waals surface area (Å²) in [5.41, 5.74) is 2.40. The molecule has 0 fully saturated rings. The molecular weight excluding hydrogens is 399 g/mol. The summed E-state index contributed by atoms with van der Waals surface area (Å²) in [5, 5.41) is 10.3. The summed E-state index contributed by atoms with van der Waals surface area (Å²) in [7, 11) is 0. The van der Waals surface area contributed by atoms with Crippen LogP contribution in [0.15, 0.2) is 54.6 Å². The highest BCUT2D eigenvalue weighted by molar-refractivity contribution is 14.1. The molecule has 0 aliphatic rings. The van der Waals surface area contributed by atoms with Gasteiger partial charge in [0.1, 0.15) is 5.75 Å². The van der Waals surface area contributed by atoms with Gasteiger partial charge in [-0.25, -0.2) is 0 Å². The molecule has 3 heteroatoms. The van der Waals surface area contributed by atoms with E-state index in [2.05, 4.69) is 48.6 Å². The van der Waals surface area contributed by atoms with E-state index in [1.165, 1.54) is 5.56 Å². The van der Waals surface area contributed by atoms with E-state index in [0.29, 0.717) is 17.6 Å². The fourth-order valence-electron chi connectivity index (χ4n) is 2.61. The Balaban J connectivity index is 2.03. The highest BCUT2D eigenvalue weighted by Crippen LogP contribution is 2.29. The molecule has 0 amide bonds. The molecule has 0 saturated carbocycles. The first kappa shape index (κ1) is 18.3. The van der Waals surface area contributed by atoms with E-state index in [9.17, 15) is 5.11 Å². The lowest BCUT2D eigenvalue weighted by molar-refractivity contribution is -0.0342. The van der Waals surface area contributed by atoms with Gasteiger partial charge in [-0.15, -0.1) is 0 Å². The lowest BCUT2D eigenvalue weighted by atomic mass is 9.90. The molecule has 0 spiro atoms. The second-order valence-corrected chi connectivity index (χ2v) is 7.16. The highest BCUT2D eigenvalue weighted by atomic mass is 127. The van der Waals surface area contributed by atoms with E-state index in [0.717, 1.165) is 9.99 Å². The van der Waals surface area contributed by atoms with Crippen molar-refractivity contribution in [2.24, 2.45) is 5.92 Å². The number of halogens is 1. The maximum absolute atomic E-state index is 10.3. The van der Waals surface area contributed by atoms with Crippen LogP contribution in [0.2, 0.25) is 0 Å². The molecule has 2 nitrogen and oxygen atoms in total. The smallest absolute Gasteiger partial charge is 0.204 e. The lowest BCUT2D eigenvalue weighted by Crippen LogP contribution is -2.22. The van der Waals surface area contributed by atoms with E-state index in [1.54, 1.807) is 0 Å². The Morgan fingerprint density at radius 2 is 1.52 bits per heavy atom. The summed E-state index contributed by atoms with van der Waals surface area (Å²) >= 11 is 2.44. The molecule has 2 rings (SSSR count). The van der Waals surface area contributed by atoms with Crippen LogP contribution in [-0.2, 0) is 0 Å². The third kappa shape index (κ3) is 4.95. The maximum Gasteiger partial charge on any atom is 0.204 e. The van der Waals surface area contributed by atoms with Crippen molar-refractivity contribution in [3.05, 3.63) is 65.7 Å². The fourth-order valence-corrected chi connectivity index (χ4v) is 4.13. The SMILES string of the molecule is CC(C)C(CI)c1ccc(OC(O)C(C)c2ccccc2)cc1. The number of rotatable bonds is 7. The number of aliphatic hydroxyl groups excluding tert-OH is 1. The van der Waals surface area contributed by atoms with Crippen LogP contribution in [0.4, 0.5) is 0 Å². The van der Waals surface area contributed by atoms with Crippen molar-refractivity contribution < 1.29 is 9.84 Å². The molecule has 0 heterocycles. The molecular formula is C20H25IO2. The Morgan fingerprint density at radius 3 is 2.04 bits per heavy atom. The van der Waals surface area contributed by atoms with Gasteiger partial charge in [0.25, 0.3) is 0 Å². The van der Waals surface area contributed by atoms with Crippen LogP contribution < -0.4 is 4.74 Å². The molecule has 2 aromatic carbocycles. The van der Waals surface area contributed by atoms with Crippen LogP contribution in [-0.4, -0.2) is 15.8 Å². The Bertz CT molecular complexity index is 580. The molecule has 0 saturated heterocycles. The minimum atomic E-state index is -0.853. The predicted molar refractivity (Wildman–Crippen MR) is 104 cm³/mol. The van der Waals surface area contributed by atoms with Crippen LogP contribution in [0.25, 0.3) is 0 Å². The van der Waals surface area contributed by atoms with Crippen molar-refractivity contribution in [2.75, 3.05) is 4.43 Å². The van der Waals surface area contributed by atoms with E-state index in [1.807, 2.05) is 49.4 Å². The van der Waals surface area contributed by atoms with Crippen molar-refractivity contribution in [2.45, 2.75) is 38.9 Å². The maximum atomic E-state index is 10.3. The standard InChI is InChI=1S/C20H25IO2/c1-14(2)19(13-21)17-9-11-18(12-10-17)23-20(22)15(3)16-7-5-4-6-8-16/h4-12,14-15,19-20,22H,13H2,1-3H3. The van der Waals surface area contributed by atoms with E-state index in [-0.39, 0.29) is 5.92 Å². The average molecular weight is 424 g/mol. The Hall–Kier alpha value is -1.07. The molecule has 23 heavy (non-hydrogen) atoms. The van der Waals surface area contributed by atoms with E-state index in [4.69, 9.17) is 4.74 Å². The summed E-state index contributed by atoms with van der Waals surface area (Å²) in [5.74, 6) is 1.80. The van der Waals surface area contributed by atoms with Crippen molar-refractivity contribution in [3.63, 3.8) is 0 Å². The zero-order chi connectivity index (χ0) is 16.8. The molecule has 2 aromatic rings. The Morgan fingerprint density at radius 1 is 0.913 bits per heavy atom. The van der Waals surface area contributed by atoms with Crippen molar-refractivity contribution >= 4 is 22.6 Å². The van der Waals surface area contributed by atoms with Crippen LogP contribution in [0.1, 0.15) is 43.7 Å². The number of ether oxygens (including phenoxy) is 1. The van der Waals surface area contributed by atoms with Crippen molar-refractivity contribution in [1.29, 1.82) is 0 Å². The summed E-state index contributed by atoms with van der Waals surface area (Å²) < 4.78 is 6.81.